The summed E-state index contributed by atoms with van der Waals surface area (Å²) in [6.07, 6.45) is 11.4. The highest BCUT2D eigenvalue weighted by Gasteiger charge is 2.40. The predicted octanol–water partition coefficient (Wildman–Crippen LogP) is 1.95. The highest BCUT2D eigenvalue weighted by atomic mass is 16.2. The topological polar surface area (TPSA) is 137 Å². The van der Waals surface area contributed by atoms with E-state index < -0.39 is 17.9 Å². The molecule has 4 aliphatic rings. The Balaban J connectivity index is 0.948. The van der Waals surface area contributed by atoms with Gasteiger partial charge in [-0.15, -0.1) is 0 Å². The number of nitrogens with two attached hydrogens (primary N) is 1. The Kier molecular flexibility index (Phi) is 7.79. The number of piperazine rings is 1. The van der Waals surface area contributed by atoms with Crippen molar-refractivity contribution < 1.29 is 14.4 Å². The van der Waals surface area contributed by atoms with Crippen LogP contribution in [0.15, 0.2) is 36.7 Å². The minimum absolute atomic E-state index is 0.0274. The second kappa shape index (κ2) is 11.6. The molecule has 3 aliphatic heterocycles. The Bertz CT molecular complexity index is 1240. The Hall–Kier alpha value is -3.73. The van der Waals surface area contributed by atoms with Crippen LogP contribution in [-0.2, 0) is 9.59 Å². The fourth-order valence-electron chi connectivity index (χ4n) is 7.01. The molecule has 1 aliphatic carbocycles. The molecule has 6 rings (SSSR count). The molecule has 11 nitrogen and oxygen atoms in total. The molecule has 0 radical (unpaired) electrons. The van der Waals surface area contributed by atoms with Crippen LogP contribution in [0.3, 0.4) is 0 Å². The van der Waals surface area contributed by atoms with Crippen molar-refractivity contribution in [3.05, 3.63) is 42.5 Å². The summed E-state index contributed by atoms with van der Waals surface area (Å²) in [5, 5.41) is 4.87. The summed E-state index contributed by atoms with van der Waals surface area (Å²) >= 11 is 0. The molecule has 3 amide bonds. The van der Waals surface area contributed by atoms with Gasteiger partial charge in [-0.1, -0.05) is 0 Å². The summed E-state index contributed by atoms with van der Waals surface area (Å²) in [6.45, 7) is 6.32. The molecule has 2 aromatic rings. The van der Waals surface area contributed by atoms with Crippen molar-refractivity contribution >= 4 is 34.8 Å². The molecular formula is C30H40N8O3. The lowest BCUT2D eigenvalue weighted by molar-refractivity contribution is -0.134. The Labute approximate surface area is 240 Å². The number of piperidine rings is 2. The van der Waals surface area contributed by atoms with Crippen molar-refractivity contribution in [2.45, 2.75) is 63.5 Å². The second-order valence-electron chi connectivity index (χ2n) is 12.1. The van der Waals surface area contributed by atoms with Crippen molar-refractivity contribution in [3.8, 4) is 0 Å². The summed E-state index contributed by atoms with van der Waals surface area (Å²) in [5.41, 5.74) is 9.29. The predicted molar refractivity (Wildman–Crippen MR) is 156 cm³/mol. The molecular weight excluding hydrogens is 520 g/mol. The second-order valence-corrected chi connectivity index (χ2v) is 12.1. The van der Waals surface area contributed by atoms with Crippen LogP contribution in [0.5, 0.6) is 0 Å². The molecule has 1 unspecified atom stereocenters. The lowest BCUT2D eigenvalue weighted by atomic mass is 9.66. The first-order valence-corrected chi connectivity index (χ1v) is 14.9. The molecule has 4 fully saturated rings. The average Bonchev–Trinajstić information content (AvgIpc) is 3.00. The smallest absolute Gasteiger partial charge is 0.289 e. The maximum absolute atomic E-state index is 12.5. The number of anilines is 3. The van der Waals surface area contributed by atoms with Gasteiger partial charge in [0, 0.05) is 63.1 Å². The lowest BCUT2D eigenvalue weighted by Crippen LogP contribution is -2.52. The van der Waals surface area contributed by atoms with Gasteiger partial charge in [0.1, 0.15) is 6.04 Å². The van der Waals surface area contributed by atoms with E-state index in [2.05, 4.69) is 47.4 Å². The number of carbonyl (C=O) groups excluding carboxylic acids is 3. The molecule has 1 spiro atoms. The number of rotatable bonds is 5. The van der Waals surface area contributed by atoms with E-state index in [0.717, 1.165) is 50.6 Å². The van der Waals surface area contributed by atoms with Gasteiger partial charge in [0.25, 0.3) is 5.91 Å². The van der Waals surface area contributed by atoms with Gasteiger partial charge in [-0.2, -0.15) is 0 Å². The van der Waals surface area contributed by atoms with Crippen LogP contribution in [0.4, 0.5) is 17.1 Å². The van der Waals surface area contributed by atoms with Gasteiger partial charge in [-0.3, -0.25) is 24.6 Å². The summed E-state index contributed by atoms with van der Waals surface area (Å²) in [4.78, 5) is 51.8. The molecule has 1 saturated carbocycles. The third kappa shape index (κ3) is 6.14. The van der Waals surface area contributed by atoms with Crippen LogP contribution in [0.2, 0.25) is 0 Å². The average molecular weight is 561 g/mol. The van der Waals surface area contributed by atoms with Gasteiger partial charge >= 0.3 is 0 Å². The maximum Gasteiger partial charge on any atom is 0.289 e. The molecule has 4 heterocycles. The number of amides is 3. The summed E-state index contributed by atoms with van der Waals surface area (Å²) in [7, 11) is 0. The minimum Gasteiger partial charge on any atom is -0.399 e. The van der Waals surface area contributed by atoms with Gasteiger partial charge in [-0.25, -0.2) is 9.97 Å². The Morgan fingerprint density at radius 2 is 1.49 bits per heavy atom. The van der Waals surface area contributed by atoms with Gasteiger partial charge in [0.2, 0.25) is 17.6 Å². The summed E-state index contributed by atoms with van der Waals surface area (Å²) in [6, 6.07) is 8.18. The van der Waals surface area contributed by atoms with Crippen molar-refractivity contribution in [1.82, 2.24) is 25.5 Å². The number of nitrogens with one attached hydrogen (secondary N) is 2. The fourth-order valence-corrected chi connectivity index (χ4v) is 7.01. The van der Waals surface area contributed by atoms with Gasteiger partial charge in [0.15, 0.2) is 0 Å². The van der Waals surface area contributed by atoms with Crippen molar-refractivity contribution in [1.29, 1.82) is 0 Å². The number of aromatic nitrogens is 2. The zero-order valence-corrected chi connectivity index (χ0v) is 23.6. The van der Waals surface area contributed by atoms with E-state index in [1.54, 1.807) is 12.4 Å². The standard InChI is InChI=1S/C30H40N8O3/c31-21-1-3-22(4-2-21)37-15-17-38(18-16-37)23-7-9-30(10-8-23)11-13-36(14-12-30)24-19-32-27(33-20-24)29(41)34-25-5-6-26(39)35-28(25)40/h1-4,19-20,23,25H,5-18,31H2,(H,34,41)(H,35,39,40). The fraction of sp³-hybridized carbons (Fsp3) is 0.567. The number of hydrogen-bond acceptors (Lipinski definition) is 9. The third-order valence-corrected chi connectivity index (χ3v) is 9.68. The first-order chi connectivity index (χ1) is 19.9. The van der Waals surface area contributed by atoms with Gasteiger partial charge in [0.05, 0.1) is 18.1 Å². The highest BCUT2D eigenvalue weighted by Crippen LogP contribution is 2.46. The molecule has 4 N–H and O–H groups in total. The van der Waals surface area contributed by atoms with E-state index in [0.29, 0.717) is 11.5 Å². The van der Waals surface area contributed by atoms with Crippen LogP contribution in [0, 0.1) is 5.41 Å². The van der Waals surface area contributed by atoms with Crippen molar-refractivity contribution in [3.63, 3.8) is 0 Å². The quantitative estimate of drug-likeness (QED) is 0.370. The number of hydrogen-bond donors (Lipinski definition) is 3. The summed E-state index contributed by atoms with van der Waals surface area (Å²) < 4.78 is 0. The molecule has 1 aromatic heterocycles. The van der Waals surface area contributed by atoms with E-state index in [1.165, 1.54) is 44.2 Å². The first kappa shape index (κ1) is 27.4. The minimum atomic E-state index is -0.740. The molecule has 218 valence electrons. The lowest BCUT2D eigenvalue weighted by Gasteiger charge is -2.49. The van der Waals surface area contributed by atoms with Crippen molar-refractivity contribution in [2.75, 3.05) is 54.8 Å². The first-order valence-electron chi connectivity index (χ1n) is 14.9. The van der Waals surface area contributed by atoms with E-state index in [4.69, 9.17) is 5.73 Å². The van der Waals surface area contributed by atoms with Crippen LogP contribution in [-0.4, -0.2) is 83.9 Å². The molecule has 11 heteroatoms. The highest BCUT2D eigenvalue weighted by molar-refractivity contribution is 6.03. The van der Waals surface area contributed by atoms with E-state index in [1.807, 2.05) is 12.1 Å². The number of imide groups is 1. The zero-order chi connectivity index (χ0) is 28.4. The van der Waals surface area contributed by atoms with E-state index in [-0.39, 0.29) is 24.6 Å². The number of benzene rings is 1. The largest absolute Gasteiger partial charge is 0.399 e. The van der Waals surface area contributed by atoms with Crippen LogP contribution in [0.25, 0.3) is 0 Å². The van der Waals surface area contributed by atoms with E-state index >= 15 is 0 Å². The van der Waals surface area contributed by atoms with Crippen molar-refractivity contribution in [2.24, 2.45) is 5.41 Å². The zero-order valence-electron chi connectivity index (χ0n) is 23.6. The molecule has 41 heavy (non-hydrogen) atoms. The van der Waals surface area contributed by atoms with E-state index in [9.17, 15) is 14.4 Å². The maximum atomic E-state index is 12.5. The Morgan fingerprint density at radius 1 is 0.854 bits per heavy atom. The van der Waals surface area contributed by atoms with Crippen LogP contribution in [0.1, 0.15) is 62.0 Å². The SMILES string of the molecule is Nc1ccc(N2CCN(C3CCC4(CC3)CCN(c3cnc(C(=O)NC5CCC(=O)NC5=O)nc3)CC4)CC2)cc1. The number of carbonyl (C=O) groups is 3. The molecule has 0 bridgehead atoms. The molecule has 1 aromatic carbocycles. The molecule has 1 atom stereocenters. The monoisotopic (exact) mass is 560 g/mol. The third-order valence-electron chi connectivity index (χ3n) is 9.68. The normalized spacial score (nSPS) is 23.9. The molecule has 3 saturated heterocycles. The number of nitrogens with zero attached hydrogens (tertiary/aromatic N) is 5. The Morgan fingerprint density at radius 3 is 2.12 bits per heavy atom. The van der Waals surface area contributed by atoms with Gasteiger partial charge < -0.3 is 20.9 Å². The number of nitrogen functional groups attached to an aromatic ring is 1. The van der Waals surface area contributed by atoms with Crippen LogP contribution < -0.4 is 26.2 Å². The van der Waals surface area contributed by atoms with Crippen LogP contribution >= 0.6 is 0 Å². The van der Waals surface area contributed by atoms with Gasteiger partial charge in [-0.05, 0) is 74.6 Å². The summed E-state index contributed by atoms with van der Waals surface area (Å²) in [5.74, 6) is -1.28.